The fraction of sp³-hybridized carbons (Fsp3) is 0.571. The molecular weight excluding hydrogens is 524 g/mol. The second-order valence-corrected chi connectivity index (χ2v) is 12.0. The first kappa shape index (κ1) is 27.8. The van der Waals surface area contributed by atoms with Crippen LogP contribution in [-0.2, 0) is 13.5 Å². The zero-order chi connectivity index (χ0) is 27.6. The summed E-state index contributed by atoms with van der Waals surface area (Å²) in [4.78, 5) is 24.5. The van der Waals surface area contributed by atoms with Gasteiger partial charge in [-0.1, -0.05) is 17.4 Å². The van der Waals surface area contributed by atoms with Crippen LogP contribution in [0.25, 0.3) is 10.9 Å². The third kappa shape index (κ3) is 7.06. The minimum atomic E-state index is -2.92. The zero-order valence-electron chi connectivity index (χ0n) is 22.4. The fourth-order valence-electron chi connectivity index (χ4n) is 5.50. The number of rotatable bonds is 8. The molecule has 8 nitrogen and oxygen atoms in total. The number of carbonyl (C=O) groups is 1. The Labute approximate surface area is 230 Å². The monoisotopic (exact) mass is 559 g/mol. The average molecular weight is 560 g/mol. The number of halogens is 2. The molecule has 1 atom stereocenters. The van der Waals surface area contributed by atoms with Crippen LogP contribution in [0.1, 0.15) is 66.1 Å². The van der Waals surface area contributed by atoms with Crippen molar-refractivity contribution in [1.29, 1.82) is 0 Å². The highest BCUT2D eigenvalue weighted by atomic mass is 32.1. The van der Waals surface area contributed by atoms with Crippen molar-refractivity contribution in [2.45, 2.75) is 57.5 Å². The smallest absolute Gasteiger partial charge is 0.278 e. The maximum Gasteiger partial charge on any atom is 0.278 e. The summed E-state index contributed by atoms with van der Waals surface area (Å²) in [6.07, 6.45) is 8.94. The molecule has 0 radical (unpaired) electrons. The Hall–Kier alpha value is -2.76. The second-order valence-electron chi connectivity index (χ2n) is 10.9. The molecule has 1 fully saturated rings. The third-order valence-corrected chi connectivity index (χ3v) is 8.64. The van der Waals surface area contributed by atoms with Gasteiger partial charge in [0.15, 0.2) is 6.61 Å². The zero-order valence-corrected chi connectivity index (χ0v) is 23.2. The van der Waals surface area contributed by atoms with E-state index in [0.717, 1.165) is 74.3 Å². The minimum absolute atomic E-state index is 0.199. The molecule has 1 aliphatic carbocycles. The predicted molar refractivity (Wildman–Crippen MR) is 147 cm³/mol. The molecule has 3 heterocycles. The van der Waals surface area contributed by atoms with Gasteiger partial charge in [-0.15, -0.1) is 0 Å². The van der Waals surface area contributed by atoms with Gasteiger partial charge in [-0.25, -0.2) is 18.8 Å². The van der Waals surface area contributed by atoms with Gasteiger partial charge < -0.3 is 9.84 Å². The normalized spacial score (nSPS) is 22.7. The van der Waals surface area contributed by atoms with Gasteiger partial charge in [0, 0.05) is 49.7 Å². The molecule has 1 saturated carbocycles. The van der Waals surface area contributed by atoms with Gasteiger partial charge in [-0.2, -0.15) is 5.10 Å². The number of carbonyl (C=O) groups excluding carboxylic acids is 1. The number of aliphatic hydroxyl groups excluding tert-OH is 1. The van der Waals surface area contributed by atoms with Crippen molar-refractivity contribution in [2.75, 3.05) is 26.2 Å². The van der Waals surface area contributed by atoms with Crippen molar-refractivity contribution in [3.05, 3.63) is 40.5 Å². The number of hydrogen-bond donors (Lipinski definition) is 1. The van der Waals surface area contributed by atoms with E-state index in [9.17, 15) is 18.7 Å². The van der Waals surface area contributed by atoms with Crippen LogP contribution in [0.2, 0.25) is 0 Å². The molecule has 0 saturated heterocycles. The number of amides is 1. The van der Waals surface area contributed by atoms with Crippen LogP contribution in [0, 0.1) is 11.8 Å². The number of ether oxygens (including phenoxy) is 1. The molecular formula is C28H35F2N5O3S. The van der Waals surface area contributed by atoms with E-state index in [4.69, 9.17) is 4.74 Å². The average Bonchev–Trinajstić information content (AvgIpc) is 3.46. The maximum atomic E-state index is 13.1. The standard InChI is InChI=1S/C28H35F2N5O3S/c1-28(29,30)17-38-27-32-25-23(36)16-35(13-11-24(25)39-27)12-10-18-6-8-19(9-7-18)14-31-26(37)20-4-3-5-22-21(20)15-34(2)33-22/h3-5,14-15,18-19,23,36H,6-13,16-17H2,1-2H3. The number of benzene rings is 1. The van der Waals surface area contributed by atoms with Gasteiger partial charge in [-0.05, 0) is 69.0 Å². The van der Waals surface area contributed by atoms with Gasteiger partial charge in [0.05, 0.1) is 16.8 Å². The van der Waals surface area contributed by atoms with E-state index in [2.05, 4.69) is 20.0 Å². The first-order valence-corrected chi connectivity index (χ1v) is 14.4. The summed E-state index contributed by atoms with van der Waals surface area (Å²) in [7, 11) is 1.84. The van der Waals surface area contributed by atoms with Gasteiger partial charge in [0.25, 0.3) is 17.0 Å². The lowest BCUT2D eigenvalue weighted by Gasteiger charge is -2.29. The molecule has 2 aromatic heterocycles. The van der Waals surface area contributed by atoms with Gasteiger partial charge in [0.1, 0.15) is 6.10 Å². The van der Waals surface area contributed by atoms with E-state index in [1.165, 1.54) is 11.3 Å². The summed E-state index contributed by atoms with van der Waals surface area (Å²) in [5.41, 5.74) is 1.94. The number of aliphatic hydroxyl groups is 1. The molecule has 39 heavy (non-hydrogen) atoms. The van der Waals surface area contributed by atoms with E-state index in [-0.39, 0.29) is 11.1 Å². The van der Waals surface area contributed by atoms with E-state index >= 15 is 0 Å². The topological polar surface area (TPSA) is 92.8 Å². The molecule has 1 N–H and O–H groups in total. The van der Waals surface area contributed by atoms with Gasteiger partial charge in [-0.3, -0.25) is 14.4 Å². The number of aromatic nitrogens is 3. The van der Waals surface area contributed by atoms with E-state index in [1.807, 2.05) is 31.6 Å². The molecule has 0 bridgehead atoms. The SMILES string of the molecule is Cn1cc2c(C(=O)N=CC3CCC(CCN4CCc5sc(OCC(C)(F)F)nc5C(O)C4)CC3)cccc2n1. The minimum Gasteiger partial charge on any atom is -0.464 e. The highest BCUT2D eigenvalue weighted by Crippen LogP contribution is 2.34. The summed E-state index contributed by atoms with van der Waals surface area (Å²) >= 11 is 1.25. The second kappa shape index (κ2) is 11.8. The quantitative estimate of drug-likeness (QED) is 0.388. The van der Waals surface area contributed by atoms with Crippen LogP contribution in [0.3, 0.4) is 0 Å². The molecule has 1 aliphatic heterocycles. The van der Waals surface area contributed by atoms with Crippen molar-refractivity contribution < 1.29 is 23.4 Å². The first-order chi connectivity index (χ1) is 18.6. The number of aliphatic imine (C=N–C) groups is 1. The third-order valence-electron chi connectivity index (χ3n) is 7.60. The molecule has 210 valence electrons. The lowest BCUT2D eigenvalue weighted by molar-refractivity contribution is -0.0231. The van der Waals surface area contributed by atoms with Crippen LogP contribution in [0.15, 0.2) is 29.4 Å². The largest absolute Gasteiger partial charge is 0.464 e. The van der Waals surface area contributed by atoms with E-state index in [1.54, 1.807) is 10.7 Å². The fourth-order valence-corrected chi connectivity index (χ4v) is 6.45. The predicted octanol–water partition coefficient (Wildman–Crippen LogP) is 5.06. The number of alkyl halides is 2. The Bertz CT molecular complexity index is 1330. The molecule has 1 amide bonds. The van der Waals surface area contributed by atoms with Crippen LogP contribution >= 0.6 is 11.3 Å². The van der Waals surface area contributed by atoms with Gasteiger partial charge >= 0.3 is 0 Å². The molecule has 3 aromatic rings. The lowest BCUT2D eigenvalue weighted by atomic mass is 9.81. The number of aryl methyl sites for hydroxylation is 1. The number of hydrogen-bond acceptors (Lipinski definition) is 7. The highest BCUT2D eigenvalue weighted by Gasteiger charge is 2.29. The Kier molecular flexibility index (Phi) is 8.39. The summed E-state index contributed by atoms with van der Waals surface area (Å²) < 4.78 is 33.1. The lowest BCUT2D eigenvalue weighted by Crippen LogP contribution is -2.31. The molecule has 2 aliphatic rings. The molecule has 5 rings (SSSR count). The first-order valence-electron chi connectivity index (χ1n) is 13.6. The van der Waals surface area contributed by atoms with Crippen LogP contribution in [0.5, 0.6) is 5.19 Å². The van der Waals surface area contributed by atoms with Crippen molar-refractivity contribution in [3.63, 3.8) is 0 Å². The Morgan fingerprint density at radius 2 is 2.10 bits per heavy atom. The summed E-state index contributed by atoms with van der Waals surface area (Å²) in [6.45, 7) is 2.27. The highest BCUT2D eigenvalue weighted by molar-refractivity contribution is 7.13. The van der Waals surface area contributed by atoms with Crippen LogP contribution < -0.4 is 4.74 Å². The summed E-state index contributed by atoms with van der Waals surface area (Å²) in [6, 6.07) is 5.53. The molecule has 1 unspecified atom stereocenters. The Balaban J connectivity index is 1.06. The van der Waals surface area contributed by atoms with Crippen LogP contribution in [-0.4, -0.2) is 69.1 Å². The van der Waals surface area contributed by atoms with Crippen LogP contribution in [0.4, 0.5) is 8.78 Å². The van der Waals surface area contributed by atoms with E-state index < -0.39 is 18.6 Å². The summed E-state index contributed by atoms with van der Waals surface area (Å²) in [5, 5.41) is 16.1. The molecule has 0 spiro atoms. The molecule has 11 heteroatoms. The van der Waals surface area contributed by atoms with Crippen molar-refractivity contribution in [1.82, 2.24) is 19.7 Å². The van der Waals surface area contributed by atoms with Crippen molar-refractivity contribution in [3.8, 4) is 5.19 Å². The van der Waals surface area contributed by atoms with E-state index in [0.29, 0.717) is 29.6 Å². The number of β-amino-alcohol motifs (C(OH)–C–C–N with tert-alkyl or cyclic N) is 1. The number of nitrogens with zero attached hydrogens (tertiary/aromatic N) is 5. The number of fused-ring (bicyclic) bond motifs is 2. The Morgan fingerprint density at radius 3 is 2.87 bits per heavy atom. The summed E-state index contributed by atoms with van der Waals surface area (Å²) in [5.74, 6) is -2.22. The maximum absolute atomic E-state index is 13.1. The van der Waals surface area contributed by atoms with Crippen molar-refractivity contribution in [2.24, 2.45) is 23.9 Å². The number of thiazole rings is 1. The Morgan fingerprint density at radius 1 is 1.31 bits per heavy atom. The van der Waals surface area contributed by atoms with Crippen molar-refractivity contribution >= 4 is 34.4 Å². The molecule has 1 aromatic carbocycles. The van der Waals surface area contributed by atoms with Gasteiger partial charge in [0.2, 0.25) is 0 Å².